The maximum atomic E-state index is 14.9. The van der Waals surface area contributed by atoms with Gasteiger partial charge >= 0.3 is 0 Å². The minimum Gasteiger partial charge on any atom is -0.348 e. The largest absolute Gasteiger partial charge is 0.348 e. The van der Waals surface area contributed by atoms with Gasteiger partial charge in [0.05, 0.1) is 11.9 Å². The Morgan fingerprint density at radius 2 is 1.39 bits per heavy atom. The quantitative estimate of drug-likeness (QED) is 0.537. The predicted molar refractivity (Wildman–Crippen MR) is 145 cm³/mol. The van der Waals surface area contributed by atoms with Crippen LogP contribution in [0, 0.1) is 35.5 Å². The third kappa shape index (κ3) is 2.97. The summed E-state index contributed by atoms with van der Waals surface area (Å²) in [6, 6.07) is 10.4. The predicted octanol–water partition coefficient (Wildman–Crippen LogP) is 5.72. The van der Waals surface area contributed by atoms with E-state index in [1.54, 1.807) is 0 Å². The van der Waals surface area contributed by atoms with Crippen LogP contribution < -0.4 is 5.32 Å². The molecule has 0 spiro atoms. The van der Waals surface area contributed by atoms with E-state index in [-0.39, 0.29) is 22.9 Å². The van der Waals surface area contributed by atoms with Gasteiger partial charge in [-0.1, -0.05) is 12.1 Å². The van der Waals surface area contributed by atoms with E-state index in [0.717, 1.165) is 90.5 Å². The number of aromatic nitrogens is 1. The van der Waals surface area contributed by atoms with Gasteiger partial charge in [0, 0.05) is 22.7 Å². The van der Waals surface area contributed by atoms with Crippen molar-refractivity contribution in [2.75, 3.05) is 0 Å². The number of benzene rings is 1. The molecule has 38 heavy (non-hydrogen) atoms. The van der Waals surface area contributed by atoms with E-state index in [4.69, 9.17) is 0 Å². The van der Waals surface area contributed by atoms with Gasteiger partial charge in [0.15, 0.2) is 5.54 Å². The fraction of sp³-hybridized carbons (Fsp3) is 0.667. The summed E-state index contributed by atoms with van der Waals surface area (Å²) >= 11 is 0. The lowest BCUT2D eigenvalue weighted by Gasteiger charge is -2.67. The number of likely N-dealkylation sites (tertiary alicyclic amines) is 1. The zero-order valence-electron chi connectivity index (χ0n) is 22.3. The number of nitrogens with zero attached hydrogens (tertiary/aromatic N) is 2. The molecule has 5 heteroatoms. The number of carbonyl (C=O) groups is 2. The van der Waals surface area contributed by atoms with Gasteiger partial charge in [-0.3, -0.25) is 14.6 Å². The zero-order chi connectivity index (χ0) is 25.3. The molecule has 0 radical (unpaired) electrons. The summed E-state index contributed by atoms with van der Waals surface area (Å²) in [6.07, 6.45) is 16.9. The Balaban J connectivity index is 1.16. The molecule has 1 atom stereocenters. The van der Waals surface area contributed by atoms with Gasteiger partial charge < -0.3 is 10.2 Å². The number of rotatable bonds is 4. The van der Waals surface area contributed by atoms with Crippen LogP contribution in [0.5, 0.6) is 0 Å². The Hall–Kier alpha value is -2.43. The SMILES string of the molecule is O=C1CC(C(=O)NC23CC4CC(CC(C4)C2)C3)(c2ccc3ncccc3c2)N1C12CC3CC(CC(C3)C1)C2. The van der Waals surface area contributed by atoms with E-state index in [9.17, 15) is 9.59 Å². The van der Waals surface area contributed by atoms with Gasteiger partial charge in [0.25, 0.3) is 5.91 Å². The molecule has 1 aliphatic heterocycles. The molecule has 9 fully saturated rings. The Morgan fingerprint density at radius 1 is 0.816 bits per heavy atom. The van der Waals surface area contributed by atoms with E-state index >= 15 is 0 Å². The summed E-state index contributed by atoms with van der Waals surface area (Å²) in [7, 11) is 0. The third-order valence-electron chi connectivity index (χ3n) is 12.4. The average Bonchev–Trinajstić information content (AvgIpc) is 2.84. The molecule has 1 N–H and O–H groups in total. The highest BCUT2D eigenvalue weighted by molar-refractivity contribution is 6.03. The number of hydrogen-bond donors (Lipinski definition) is 1. The van der Waals surface area contributed by atoms with Crippen LogP contribution >= 0.6 is 0 Å². The van der Waals surface area contributed by atoms with Crippen LogP contribution in [0.2, 0.25) is 0 Å². The summed E-state index contributed by atoms with van der Waals surface area (Å²) in [4.78, 5) is 35.4. The second kappa shape index (κ2) is 7.40. The van der Waals surface area contributed by atoms with Crippen LogP contribution in [0.25, 0.3) is 10.9 Å². The van der Waals surface area contributed by atoms with Crippen LogP contribution in [-0.4, -0.2) is 32.8 Å². The van der Waals surface area contributed by atoms with Crippen molar-refractivity contribution in [1.29, 1.82) is 0 Å². The van der Waals surface area contributed by atoms with Gasteiger partial charge in [0.1, 0.15) is 0 Å². The van der Waals surface area contributed by atoms with Gasteiger partial charge in [0.2, 0.25) is 5.91 Å². The lowest BCUT2D eigenvalue weighted by Crippen LogP contribution is -2.78. The molecule has 1 saturated heterocycles. The fourth-order valence-corrected chi connectivity index (χ4v) is 12.0. The first kappa shape index (κ1) is 22.4. The Morgan fingerprint density at radius 3 is 1.97 bits per heavy atom. The number of fused-ring (bicyclic) bond motifs is 1. The molecule has 11 rings (SSSR count). The summed E-state index contributed by atoms with van der Waals surface area (Å²) in [5.41, 5.74) is 0.835. The van der Waals surface area contributed by atoms with Crippen molar-refractivity contribution < 1.29 is 9.59 Å². The maximum Gasteiger partial charge on any atom is 0.251 e. The first-order chi connectivity index (χ1) is 18.4. The fourth-order valence-electron chi connectivity index (χ4n) is 12.0. The number of pyridine rings is 1. The molecule has 9 aliphatic rings. The minimum atomic E-state index is -0.893. The molecule has 8 bridgehead atoms. The molecule has 198 valence electrons. The highest BCUT2D eigenvalue weighted by atomic mass is 16.2. The van der Waals surface area contributed by atoms with Gasteiger partial charge in [-0.25, -0.2) is 0 Å². The average molecular weight is 510 g/mol. The van der Waals surface area contributed by atoms with Gasteiger partial charge in [-0.2, -0.15) is 0 Å². The van der Waals surface area contributed by atoms with Crippen molar-refractivity contribution in [2.45, 2.75) is 100 Å². The normalized spacial score (nSPS) is 46.0. The monoisotopic (exact) mass is 509 g/mol. The third-order valence-corrected chi connectivity index (χ3v) is 12.4. The molecule has 8 aliphatic carbocycles. The van der Waals surface area contributed by atoms with Crippen LogP contribution in [-0.2, 0) is 15.1 Å². The number of nitrogens with one attached hydrogen (secondary N) is 1. The second-order valence-corrected chi connectivity index (χ2v) is 15.0. The molecular formula is C33H39N3O2. The standard InChI is InChI=1S/C33H39N3O2/c37-29-19-33(27-3-4-28-26(12-27)2-1-5-34-28,36(29)32-16-23-9-24(17-32)11-25(10-23)18-32)30(38)35-31-13-20-6-21(14-31)8-22(7-20)15-31/h1-5,12,20-25H,6-11,13-19H2,(H,35,38). The van der Waals surface area contributed by atoms with Crippen molar-refractivity contribution in [1.82, 2.24) is 15.2 Å². The van der Waals surface area contributed by atoms with E-state index < -0.39 is 5.54 Å². The number of amides is 2. The molecule has 8 saturated carbocycles. The summed E-state index contributed by atoms with van der Waals surface area (Å²) < 4.78 is 0. The lowest BCUT2D eigenvalue weighted by atomic mass is 9.50. The molecule has 5 nitrogen and oxygen atoms in total. The van der Waals surface area contributed by atoms with Gasteiger partial charge in [-0.15, -0.1) is 0 Å². The molecule has 2 heterocycles. The van der Waals surface area contributed by atoms with Crippen molar-refractivity contribution in [2.24, 2.45) is 35.5 Å². The maximum absolute atomic E-state index is 14.9. The van der Waals surface area contributed by atoms with E-state index in [2.05, 4.69) is 39.5 Å². The van der Waals surface area contributed by atoms with E-state index in [1.165, 1.54) is 38.5 Å². The second-order valence-electron chi connectivity index (χ2n) is 15.0. The zero-order valence-corrected chi connectivity index (χ0v) is 22.3. The lowest BCUT2D eigenvalue weighted by molar-refractivity contribution is -0.201. The van der Waals surface area contributed by atoms with E-state index in [0.29, 0.717) is 6.42 Å². The highest BCUT2D eigenvalue weighted by Gasteiger charge is 2.68. The molecule has 2 aromatic rings. The summed E-state index contributed by atoms with van der Waals surface area (Å²) in [6.45, 7) is 0. The number of carbonyl (C=O) groups excluding carboxylic acids is 2. The Bertz CT molecular complexity index is 1290. The van der Waals surface area contributed by atoms with Gasteiger partial charge in [-0.05, 0) is 136 Å². The Kier molecular flexibility index (Phi) is 4.36. The molecule has 2 amide bonds. The topological polar surface area (TPSA) is 62.3 Å². The van der Waals surface area contributed by atoms with E-state index in [1.807, 2.05) is 12.3 Å². The molecule has 1 unspecified atom stereocenters. The molecule has 1 aromatic heterocycles. The minimum absolute atomic E-state index is 0.0665. The first-order valence-electron chi connectivity index (χ1n) is 15.4. The van der Waals surface area contributed by atoms with Crippen molar-refractivity contribution in [3.8, 4) is 0 Å². The highest BCUT2D eigenvalue weighted by Crippen LogP contribution is 2.63. The van der Waals surface area contributed by atoms with Crippen molar-refractivity contribution in [3.05, 3.63) is 42.1 Å². The Labute approximate surface area is 225 Å². The number of β-lactam (4-membered cyclic amide) rings is 1. The van der Waals surface area contributed by atoms with Crippen LogP contribution in [0.1, 0.15) is 89.0 Å². The first-order valence-corrected chi connectivity index (χ1v) is 15.4. The number of hydrogen-bond acceptors (Lipinski definition) is 3. The van der Waals surface area contributed by atoms with Crippen LogP contribution in [0.15, 0.2) is 36.5 Å². The van der Waals surface area contributed by atoms with Crippen molar-refractivity contribution >= 4 is 22.7 Å². The molecular weight excluding hydrogens is 470 g/mol. The smallest absolute Gasteiger partial charge is 0.251 e. The summed E-state index contributed by atoms with van der Waals surface area (Å²) in [5.74, 6) is 4.78. The molecule has 1 aromatic carbocycles. The van der Waals surface area contributed by atoms with Crippen molar-refractivity contribution in [3.63, 3.8) is 0 Å². The summed E-state index contributed by atoms with van der Waals surface area (Å²) in [5, 5.41) is 4.80. The van der Waals surface area contributed by atoms with Crippen LogP contribution in [0.4, 0.5) is 0 Å². The van der Waals surface area contributed by atoms with Crippen LogP contribution in [0.3, 0.4) is 0 Å².